The minimum absolute atomic E-state index is 0.177. The number of hydrogen-bond acceptors (Lipinski definition) is 9. The van der Waals surface area contributed by atoms with Gasteiger partial charge in [-0.25, -0.2) is 14.5 Å². The number of pyridine rings is 2. The van der Waals surface area contributed by atoms with E-state index in [1.54, 1.807) is 47.2 Å². The van der Waals surface area contributed by atoms with Crippen LogP contribution in [0.3, 0.4) is 0 Å². The maximum absolute atomic E-state index is 11.5. The first kappa shape index (κ1) is 21.3. The average molecular weight is 453 g/mol. The fraction of sp³-hybridized carbons (Fsp3) is 0.150. The van der Waals surface area contributed by atoms with Crippen LogP contribution in [0.2, 0.25) is 0 Å². The number of nitrogens with one attached hydrogen (secondary N) is 2. The van der Waals surface area contributed by atoms with Crippen LogP contribution in [0.25, 0.3) is 17.0 Å². The normalized spacial score (nSPS) is 11.4. The summed E-state index contributed by atoms with van der Waals surface area (Å²) in [6, 6.07) is 10.5. The maximum Gasteiger partial charge on any atom is 0.264 e. The van der Waals surface area contributed by atoms with Crippen molar-refractivity contribution in [3.8, 4) is 11.5 Å². The number of carbonyl (C=O) groups excluding carboxylic acids is 1. The molecule has 0 aliphatic rings. The Hall–Kier alpha value is -3.90. The van der Waals surface area contributed by atoms with Gasteiger partial charge in [0.25, 0.3) is 10.1 Å². The summed E-state index contributed by atoms with van der Waals surface area (Å²) in [5.41, 5.74) is 2.27. The predicted molar refractivity (Wildman–Crippen MR) is 118 cm³/mol. The topological polar surface area (TPSA) is 140 Å². The number of aromatic nitrogens is 5. The molecular weight excluding hydrogens is 434 g/mol. The second kappa shape index (κ2) is 8.69. The van der Waals surface area contributed by atoms with Crippen LogP contribution in [0.4, 0.5) is 17.3 Å². The minimum Gasteiger partial charge on any atom is -0.338 e. The lowest BCUT2D eigenvalue weighted by atomic mass is 10.2. The zero-order chi connectivity index (χ0) is 22.7. The van der Waals surface area contributed by atoms with E-state index >= 15 is 0 Å². The summed E-state index contributed by atoms with van der Waals surface area (Å²) in [5, 5.41) is 10.3. The number of nitrogens with zero attached hydrogens (tertiary/aromatic N) is 5. The summed E-state index contributed by atoms with van der Waals surface area (Å²) in [4.78, 5) is 24.4. The SMILES string of the molecule is CC(=O)Nc1cc(Nc2nc(-c3ccccn3)nn3ccc(COS(C)(=O)=O)c23)ccn1. The van der Waals surface area contributed by atoms with Crippen molar-refractivity contribution < 1.29 is 17.4 Å². The molecule has 0 saturated heterocycles. The molecule has 32 heavy (non-hydrogen) atoms. The molecule has 12 heteroatoms. The van der Waals surface area contributed by atoms with Crippen LogP contribution >= 0.6 is 0 Å². The van der Waals surface area contributed by atoms with E-state index in [1.165, 1.54) is 13.1 Å². The molecule has 4 aromatic heterocycles. The van der Waals surface area contributed by atoms with Gasteiger partial charge in [-0.05, 0) is 24.3 Å². The summed E-state index contributed by atoms with van der Waals surface area (Å²) in [6.07, 6.45) is 5.85. The lowest BCUT2D eigenvalue weighted by Gasteiger charge is -2.12. The van der Waals surface area contributed by atoms with Crippen molar-refractivity contribution in [2.75, 3.05) is 16.9 Å². The van der Waals surface area contributed by atoms with E-state index in [0.717, 1.165) is 6.26 Å². The third-order valence-corrected chi connectivity index (χ3v) is 4.79. The van der Waals surface area contributed by atoms with E-state index in [9.17, 15) is 13.2 Å². The predicted octanol–water partition coefficient (Wildman–Crippen LogP) is 2.36. The molecule has 0 bridgehead atoms. The first-order chi connectivity index (χ1) is 15.3. The molecule has 0 aliphatic carbocycles. The summed E-state index contributed by atoms with van der Waals surface area (Å²) in [6.45, 7) is 1.22. The summed E-state index contributed by atoms with van der Waals surface area (Å²) in [5.74, 6) is 0.887. The Morgan fingerprint density at radius 1 is 1.16 bits per heavy atom. The van der Waals surface area contributed by atoms with Gasteiger partial charge in [0.15, 0.2) is 5.82 Å². The zero-order valence-electron chi connectivity index (χ0n) is 17.2. The van der Waals surface area contributed by atoms with E-state index in [0.29, 0.717) is 39.9 Å². The van der Waals surface area contributed by atoms with Crippen LogP contribution in [0, 0.1) is 0 Å². The molecule has 4 rings (SSSR count). The van der Waals surface area contributed by atoms with Crippen LogP contribution < -0.4 is 10.6 Å². The maximum atomic E-state index is 11.5. The molecule has 0 aliphatic heterocycles. The fourth-order valence-electron chi connectivity index (χ4n) is 2.96. The number of amides is 1. The monoisotopic (exact) mass is 453 g/mol. The van der Waals surface area contributed by atoms with Crippen molar-refractivity contribution >= 4 is 38.9 Å². The molecule has 11 nitrogen and oxygen atoms in total. The quantitative estimate of drug-likeness (QED) is 0.403. The molecule has 0 radical (unpaired) electrons. The zero-order valence-corrected chi connectivity index (χ0v) is 18.0. The second-order valence-electron chi connectivity index (χ2n) is 6.84. The molecule has 0 spiro atoms. The van der Waals surface area contributed by atoms with Crippen LogP contribution in [-0.2, 0) is 25.7 Å². The standard InChI is InChI=1S/C20H19N7O4S/c1-13(28)23-17-11-15(6-9-22-17)24-20-18-14(12-31-32(2,29)30)7-10-27(18)26-19(25-20)16-5-3-4-8-21-16/h3-11H,12H2,1-2H3,(H2,22,23,24,25,26,28). The van der Waals surface area contributed by atoms with Crippen molar-refractivity contribution in [2.24, 2.45) is 0 Å². The van der Waals surface area contributed by atoms with Gasteiger partial charge in [-0.1, -0.05) is 6.07 Å². The van der Waals surface area contributed by atoms with Crippen molar-refractivity contribution in [3.05, 3.63) is 60.6 Å². The minimum atomic E-state index is -3.64. The highest BCUT2D eigenvalue weighted by molar-refractivity contribution is 7.85. The average Bonchev–Trinajstić information content (AvgIpc) is 3.16. The smallest absolute Gasteiger partial charge is 0.264 e. The molecule has 1 amide bonds. The van der Waals surface area contributed by atoms with Gasteiger partial charge >= 0.3 is 0 Å². The Morgan fingerprint density at radius 2 is 2.00 bits per heavy atom. The van der Waals surface area contributed by atoms with E-state index in [1.807, 2.05) is 6.07 Å². The van der Waals surface area contributed by atoms with Crippen LogP contribution in [0.1, 0.15) is 12.5 Å². The van der Waals surface area contributed by atoms with Crippen LogP contribution in [0.15, 0.2) is 55.0 Å². The second-order valence-corrected chi connectivity index (χ2v) is 8.48. The van der Waals surface area contributed by atoms with E-state index in [2.05, 4.69) is 30.7 Å². The highest BCUT2D eigenvalue weighted by Crippen LogP contribution is 2.27. The fourth-order valence-corrected chi connectivity index (χ4v) is 3.30. The van der Waals surface area contributed by atoms with E-state index in [4.69, 9.17) is 4.18 Å². The van der Waals surface area contributed by atoms with Gasteiger partial charge < -0.3 is 10.6 Å². The number of carbonyl (C=O) groups is 1. The Labute approximate surface area is 183 Å². The molecule has 0 unspecified atom stereocenters. The van der Waals surface area contributed by atoms with Crippen molar-refractivity contribution in [1.82, 2.24) is 24.6 Å². The van der Waals surface area contributed by atoms with Crippen molar-refractivity contribution in [1.29, 1.82) is 0 Å². The van der Waals surface area contributed by atoms with Crippen molar-refractivity contribution in [3.63, 3.8) is 0 Å². The lowest BCUT2D eigenvalue weighted by Crippen LogP contribution is -2.09. The highest BCUT2D eigenvalue weighted by Gasteiger charge is 2.16. The molecule has 4 aromatic rings. The van der Waals surface area contributed by atoms with Gasteiger partial charge in [-0.3, -0.25) is 14.0 Å². The Kier molecular flexibility index (Phi) is 5.79. The molecular formula is C20H19N7O4S. The number of anilines is 3. The van der Waals surface area contributed by atoms with Gasteiger partial charge in [-0.15, -0.1) is 5.10 Å². The highest BCUT2D eigenvalue weighted by atomic mass is 32.2. The summed E-state index contributed by atoms with van der Waals surface area (Å²) < 4.78 is 29.5. The third-order valence-electron chi connectivity index (χ3n) is 4.24. The van der Waals surface area contributed by atoms with Gasteiger partial charge in [0.05, 0.1) is 12.9 Å². The molecule has 4 heterocycles. The molecule has 164 valence electrons. The molecule has 0 saturated carbocycles. The lowest BCUT2D eigenvalue weighted by molar-refractivity contribution is -0.114. The first-order valence-electron chi connectivity index (χ1n) is 9.43. The molecule has 0 atom stereocenters. The van der Waals surface area contributed by atoms with Gasteiger partial charge in [0.2, 0.25) is 11.7 Å². The summed E-state index contributed by atoms with van der Waals surface area (Å²) in [7, 11) is -3.64. The Bertz CT molecular complexity index is 1390. The number of rotatable bonds is 7. The molecule has 2 N–H and O–H groups in total. The largest absolute Gasteiger partial charge is 0.338 e. The van der Waals surface area contributed by atoms with Crippen molar-refractivity contribution in [2.45, 2.75) is 13.5 Å². The Morgan fingerprint density at radius 3 is 2.72 bits per heavy atom. The molecule has 0 aromatic carbocycles. The third kappa shape index (κ3) is 5.04. The Balaban J connectivity index is 1.80. The van der Waals surface area contributed by atoms with E-state index < -0.39 is 10.1 Å². The number of hydrogen-bond donors (Lipinski definition) is 2. The van der Waals surface area contributed by atoms with Gasteiger partial charge in [0, 0.05) is 42.8 Å². The summed E-state index contributed by atoms with van der Waals surface area (Å²) >= 11 is 0. The van der Waals surface area contributed by atoms with Gasteiger partial charge in [0.1, 0.15) is 17.0 Å². The van der Waals surface area contributed by atoms with Crippen LogP contribution in [0.5, 0.6) is 0 Å². The molecule has 0 fully saturated rings. The van der Waals surface area contributed by atoms with E-state index in [-0.39, 0.29) is 12.5 Å². The van der Waals surface area contributed by atoms with Crippen LogP contribution in [-0.4, -0.2) is 45.1 Å². The van der Waals surface area contributed by atoms with Gasteiger partial charge in [-0.2, -0.15) is 8.42 Å². The first-order valence-corrected chi connectivity index (χ1v) is 11.2. The number of fused-ring (bicyclic) bond motifs is 1.